The summed E-state index contributed by atoms with van der Waals surface area (Å²) in [5, 5.41) is 17.3. The van der Waals surface area contributed by atoms with Crippen molar-refractivity contribution in [3.05, 3.63) is 76.8 Å². The van der Waals surface area contributed by atoms with E-state index < -0.39 is 6.03 Å². The third-order valence-electron chi connectivity index (χ3n) is 6.13. The largest absolute Gasteiger partial charge is 0.353 e. The third kappa shape index (κ3) is 5.92. The number of nitrogens with zero attached hydrogens (tertiary/aromatic N) is 5. The molecule has 2 aromatic carbocycles. The first kappa shape index (κ1) is 24.8. The zero-order valence-corrected chi connectivity index (χ0v) is 21.2. The van der Waals surface area contributed by atoms with E-state index in [1.807, 2.05) is 10.6 Å². The quantitative estimate of drug-likeness (QED) is 0.327. The number of hydrogen-bond acceptors (Lipinski definition) is 6. The fraction of sp³-hybridized carbons (Fsp3) is 0.240. The van der Waals surface area contributed by atoms with Crippen molar-refractivity contribution < 1.29 is 9.59 Å². The Kier molecular flexibility index (Phi) is 7.38. The molecule has 1 atom stereocenters. The first-order valence-electron chi connectivity index (χ1n) is 11.8. The van der Waals surface area contributed by atoms with Crippen molar-refractivity contribution in [2.24, 2.45) is 5.92 Å². The van der Waals surface area contributed by atoms with Gasteiger partial charge in [0.1, 0.15) is 6.33 Å². The van der Waals surface area contributed by atoms with Crippen LogP contribution < -0.4 is 20.9 Å². The second-order valence-corrected chi connectivity index (χ2v) is 9.58. The highest BCUT2D eigenvalue weighted by atomic mass is 35.5. The van der Waals surface area contributed by atoms with Gasteiger partial charge in [0, 0.05) is 49.0 Å². The lowest BCUT2D eigenvalue weighted by Gasteiger charge is -2.33. The maximum Gasteiger partial charge on any atom is 0.323 e. The lowest BCUT2D eigenvalue weighted by atomic mass is 9.98. The summed E-state index contributed by atoms with van der Waals surface area (Å²) in [7, 11) is 0. The van der Waals surface area contributed by atoms with Crippen LogP contribution in [0.3, 0.4) is 0 Å². The number of benzene rings is 2. The highest BCUT2D eigenvalue weighted by molar-refractivity contribution is 6.42. The molecule has 1 fully saturated rings. The van der Waals surface area contributed by atoms with E-state index in [9.17, 15) is 9.59 Å². The molecule has 190 valence electrons. The van der Waals surface area contributed by atoms with Gasteiger partial charge in [-0.05, 0) is 55.2 Å². The number of amides is 3. The zero-order chi connectivity index (χ0) is 25.8. The third-order valence-corrected chi connectivity index (χ3v) is 6.87. The van der Waals surface area contributed by atoms with Gasteiger partial charge in [-0.1, -0.05) is 29.3 Å². The number of carbonyl (C=O) groups excluding carboxylic acids is 2. The molecule has 0 bridgehead atoms. The molecule has 2 aromatic heterocycles. The molecule has 37 heavy (non-hydrogen) atoms. The molecule has 1 unspecified atom stereocenters. The van der Waals surface area contributed by atoms with E-state index in [1.54, 1.807) is 55.0 Å². The molecule has 0 aliphatic carbocycles. The van der Waals surface area contributed by atoms with Crippen LogP contribution in [0.2, 0.25) is 10.0 Å². The predicted octanol–water partition coefficient (Wildman–Crippen LogP) is 4.72. The van der Waals surface area contributed by atoms with E-state index in [0.717, 1.165) is 37.4 Å². The molecular formula is C25H24Cl2N8O2. The Bertz CT molecular complexity index is 1440. The van der Waals surface area contributed by atoms with Crippen molar-refractivity contribution in [3.63, 3.8) is 0 Å². The molecule has 0 spiro atoms. The van der Waals surface area contributed by atoms with Crippen molar-refractivity contribution in [2.75, 3.05) is 35.2 Å². The maximum absolute atomic E-state index is 12.9. The highest BCUT2D eigenvalue weighted by Crippen LogP contribution is 2.26. The number of nitrogens with one attached hydrogen (secondary N) is 3. The summed E-state index contributed by atoms with van der Waals surface area (Å²) in [6, 6.07) is 11.1. The molecule has 5 rings (SSSR count). The van der Waals surface area contributed by atoms with E-state index in [2.05, 4.69) is 36.0 Å². The lowest BCUT2D eigenvalue weighted by Crippen LogP contribution is -2.41. The molecule has 0 saturated carbocycles. The average molecular weight is 539 g/mol. The number of aromatic nitrogens is 4. The molecule has 1 saturated heterocycles. The van der Waals surface area contributed by atoms with Crippen LogP contribution in [0.1, 0.15) is 23.2 Å². The first-order valence-corrected chi connectivity index (χ1v) is 12.5. The number of piperidine rings is 1. The standard InChI is InChI=1S/C25H24Cl2N8O2/c26-20-7-6-19(12-21(20)27)32-25(37)31-18-5-1-4-17(11-18)24(36)29-13-16-3-2-9-34(14-16)22-23-33-30-15-35(23)10-8-28-22/h1,4-8,10-12,15-16H,2-3,9,13-14H2,(H,29,36)(H2,31,32,37). The van der Waals surface area contributed by atoms with Gasteiger partial charge < -0.3 is 20.9 Å². The minimum atomic E-state index is -0.463. The molecule has 10 nitrogen and oxygen atoms in total. The van der Waals surface area contributed by atoms with Gasteiger partial charge in [-0.25, -0.2) is 9.78 Å². The number of carbonyl (C=O) groups is 2. The van der Waals surface area contributed by atoms with Crippen LogP contribution in [-0.2, 0) is 0 Å². The summed E-state index contributed by atoms with van der Waals surface area (Å²) in [5.74, 6) is 0.860. The summed E-state index contributed by atoms with van der Waals surface area (Å²) < 4.78 is 1.85. The van der Waals surface area contributed by atoms with Crippen molar-refractivity contribution in [3.8, 4) is 0 Å². The van der Waals surface area contributed by atoms with Gasteiger partial charge in [0.25, 0.3) is 5.91 Å². The van der Waals surface area contributed by atoms with Crippen molar-refractivity contribution >= 4 is 58.0 Å². The molecule has 3 heterocycles. The molecule has 1 aliphatic rings. The van der Waals surface area contributed by atoms with Crippen molar-refractivity contribution in [1.29, 1.82) is 0 Å². The van der Waals surface area contributed by atoms with Crippen LogP contribution in [0.15, 0.2) is 61.2 Å². The van der Waals surface area contributed by atoms with Gasteiger partial charge in [-0.15, -0.1) is 10.2 Å². The molecule has 12 heteroatoms. The average Bonchev–Trinajstić information content (AvgIpc) is 3.39. The lowest BCUT2D eigenvalue weighted by molar-refractivity contribution is 0.0945. The highest BCUT2D eigenvalue weighted by Gasteiger charge is 2.24. The van der Waals surface area contributed by atoms with Crippen molar-refractivity contribution in [1.82, 2.24) is 24.9 Å². The first-order chi connectivity index (χ1) is 18.0. The van der Waals surface area contributed by atoms with E-state index in [0.29, 0.717) is 33.5 Å². The molecule has 3 amide bonds. The Labute approximate surface area is 223 Å². The number of urea groups is 1. The van der Waals surface area contributed by atoms with Gasteiger partial charge >= 0.3 is 6.03 Å². The summed E-state index contributed by atoms with van der Waals surface area (Å²) in [5.41, 5.74) is 2.16. The van der Waals surface area contributed by atoms with E-state index in [4.69, 9.17) is 23.2 Å². The number of rotatable bonds is 6. The summed E-state index contributed by atoms with van der Waals surface area (Å²) in [4.78, 5) is 32.0. The number of anilines is 3. The Morgan fingerprint density at radius 1 is 1.05 bits per heavy atom. The Hall–Kier alpha value is -3.89. The van der Waals surface area contributed by atoms with Crippen LogP contribution in [0, 0.1) is 5.92 Å². The number of fused-ring (bicyclic) bond motifs is 1. The van der Waals surface area contributed by atoms with Crippen molar-refractivity contribution in [2.45, 2.75) is 12.8 Å². The maximum atomic E-state index is 12.9. The van der Waals surface area contributed by atoms with Crippen LogP contribution in [0.25, 0.3) is 5.65 Å². The van der Waals surface area contributed by atoms with Gasteiger partial charge in [0.05, 0.1) is 10.0 Å². The summed E-state index contributed by atoms with van der Waals surface area (Å²) in [6.07, 6.45) is 7.21. The number of halogens is 2. The number of hydrogen-bond donors (Lipinski definition) is 3. The fourth-order valence-corrected chi connectivity index (χ4v) is 4.64. The fourth-order valence-electron chi connectivity index (χ4n) is 4.34. The molecule has 3 N–H and O–H groups in total. The van der Waals surface area contributed by atoms with Crippen LogP contribution in [0.4, 0.5) is 22.0 Å². The Balaban J connectivity index is 1.16. The second-order valence-electron chi connectivity index (χ2n) is 8.77. The SMILES string of the molecule is O=C(Nc1cccc(C(=O)NCC2CCCN(c3nccn4cnnc34)C2)c1)Nc1ccc(Cl)c(Cl)c1. The second kappa shape index (κ2) is 11.0. The van der Waals surface area contributed by atoms with Crippen LogP contribution >= 0.6 is 23.2 Å². The molecule has 1 aliphatic heterocycles. The Morgan fingerprint density at radius 2 is 1.89 bits per heavy atom. The minimum Gasteiger partial charge on any atom is -0.353 e. The monoisotopic (exact) mass is 538 g/mol. The van der Waals surface area contributed by atoms with E-state index >= 15 is 0 Å². The van der Waals surface area contributed by atoms with Crippen LogP contribution in [0.5, 0.6) is 0 Å². The van der Waals surface area contributed by atoms with E-state index in [-0.39, 0.29) is 11.8 Å². The molecule has 4 aromatic rings. The van der Waals surface area contributed by atoms with Gasteiger partial charge in [-0.2, -0.15) is 0 Å². The zero-order valence-electron chi connectivity index (χ0n) is 19.7. The van der Waals surface area contributed by atoms with E-state index in [1.165, 1.54) is 0 Å². The summed E-state index contributed by atoms with van der Waals surface area (Å²) >= 11 is 11.9. The van der Waals surface area contributed by atoms with Gasteiger partial charge in [0.15, 0.2) is 5.82 Å². The topological polar surface area (TPSA) is 117 Å². The Morgan fingerprint density at radius 3 is 2.73 bits per heavy atom. The minimum absolute atomic E-state index is 0.205. The van der Waals surface area contributed by atoms with Crippen LogP contribution in [-0.4, -0.2) is 51.2 Å². The molecular weight excluding hydrogens is 515 g/mol. The van der Waals surface area contributed by atoms with Gasteiger partial charge in [0.2, 0.25) is 5.65 Å². The smallest absolute Gasteiger partial charge is 0.323 e. The normalized spacial score (nSPS) is 15.4. The van der Waals surface area contributed by atoms with Gasteiger partial charge in [-0.3, -0.25) is 9.20 Å². The predicted molar refractivity (Wildman–Crippen MR) is 144 cm³/mol. The summed E-state index contributed by atoms with van der Waals surface area (Å²) in [6.45, 7) is 2.17. The molecule has 0 radical (unpaired) electrons.